The molecular formula is C21H22FN5. The van der Waals surface area contributed by atoms with Gasteiger partial charge in [-0.05, 0) is 43.3 Å². The Labute approximate surface area is 158 Å². The molecule has 2 aromatic carbocycles. The molecule has 1 aliphatic heterocycles. The van der Waals surface area contributed by atoms with Gasteiger partial charge in [-0.1, -0.05) is 18.2 Å². The van der Waals surface area contributed by atoms with E-state index in [1.54, 1.807) is 12.1 Å². The highest BCUT2D eigenvalue weighted by Crippen LogP contribution is 2.23. The average molecular weight is 363 g/mol. The van der Waals surface area contributed by atoms with Crippen LogP contribution in [0.4, 0.5) is 27.4 Å². The second-order valence-electron chi connectivity index (χ2n) is 6.60. The van der Waals surface area contributed by atoms with E-state index in [-0.39, 0.29) is 5.82 Å². The summed E-state index contributed by atoms with van der Waals surface area (Å²) in [6.07, 6.45) is 0. The van der Waals surface area contributed by atoms with Gasteiger partial charge in [0.25, 0.3) is 0 Å². The van der Waals surface area contributed by atoms with E-state index in [2.05, 4.69) is 49.4 Å². The second kappa shape index (κ2) is 7.61. The number of aryl methyl sites for hydroxylation is 1. The molecule has 4 rings (SSSR count). The van der Waals surface area contributed by atoms with E-state index in [1.165, 1.54) is 17.8 Å². The lowest BCUT2D eigenvalue weighted by atomic mass is 10.2. The van der Waals surface area contributed by atoms with Crippen LogP contribution in [0.15, 0.2) is 60.7 Å². The third kappa shape index (κ3) is 4.16. The van der Waals surface area contributed by atoms with Crippen LogP contribution in [0.3, 0.4) is 0 Å². The van der Waals surface area contributed by atoms with Crippen LogP contribution in [0.2, 0.25) is 0 Å². The van der Waals surface area contributed by atoms with Crippen molar-refractivity contribution >= 4 is 23.0 Å². The topological polar surface area (TPSA) is 44.3 Å². The van der Waals surface area contributed by atoms with Gasteiger partial charge in [-0.25, -0.2) is 14.4 Å². The van der Waals surface area contributed by atoms with Gasteiger partial charge in [0.2, 0.25) is 0 Å². The van der Waals surface area contributed by atoms with Crippen LogP contribution in [-0.2, 0) is 0 Å². The van der Waals surface area contributed by atoms with Crippen molar-refractivity contribution < 1.29 is 4.39 Å². The number of para-hydroxylation sites is 1. The van der Waals surface area contributed by atoms with E-state index in [9.17, 15) is 4.39 Å². The summed E-state index contributed by atoms with van der Waals surface area (Å²) in [7, 11) is 0. The zero-order chi connectivity index (χ0) is 18.6. The summed E-state index contributed by atoms with van der Waals surface area (Å²) in [5.41, 5.74) is 2.06. The summed E-state index contributed by atoms with van der Waals surface area (Å²) in [5.74, 6) is 2.09. The van der Waals surface area contributed by atoms with Gasteiger partial charge in [-0.2, -0.15) is 0 Å². The quantitative estimate of drug-likeness (QED) is 0.759. The van der Waals surface area contributed by atoms with Crippen molar-refractivity contribution in [3.05, 3.63) is 72.3 Å². The Morgan fingerprint density at radius 2 is 1.52 bits per heavy atom. The Hall–Kier alpha value is -3.15. The molecule has 3 aromatic rings. The zero-order valence-electron chi connectivity index (χ0n) is 15.3. The number of benzene rings is 2. The number of hydrogen-bond acceptors (Lipinski definition) is 5. The fourth-order valence-electron chi connectivity index (χ4n) is 3.29. The fraction of sp³-hybridized carbons (Fsp3) is 0.238. The molecule has 1 aromatic heterocycles. The number of halogens is 1. The van der Waals surface area contributed by atoms with Crippen molar-refractivity contribution in [3.8, 4) is 0 Å². The monoisotopic (exact) mass is 363 g/mol. The van der Waals surface area contributed by atoms with Crippen molar-refractivity contribution in [1.82, 2.24) is 9.97 Å². The predicted octanol–water partition coefficient (Wildman–Crippen LogP) is 3.99. The van der Waals surface area contributed by atoms with E-state index < -0.39 is 0 Å². The van der Waals surface area contributed by atoms with Crippen LogP contribution in [0, 0.1) is 12.7 Å². The van der Waals surface area contributed by atoms with Crippen molar-refractivity contribution in [2.75, 3.05) is 41.3 Å². The summed E-state index contributed by atoms with van der Waals surface area (Å²) in [6, 6.07) is 18.7. The van der Waals surface area contributed by atoms with Crippen molar-refractivity contribution in [2.45, 2.75) is 6.92 Å². The maximum absolute atomic E-state index is 13.1. The molecule has 0 bridgehead atoms. The third-order valence-corrected chi connectivity index (χ3v) is 4.67. The first-order chi connectivity index (χ1) is 13.2. The largest absolute Gasteiger partial charge is 0.368 e. The Bertz CT molecular complexity index is 890. The second-order valence-corrected chi connectivity index (χ2v) is 6.60. The highest BCUT2D eigenvalue weighted by molar-refractivity contribution is 5.60. The van der Waals surface area contributed by atoms with Crippen LogP contribution in [0.5, 0.6) is 0 Å². The van der Waals surface area contributed by atoms with Crippen LogP contribution in [0.1, 0.15) is 5.82 Å². The molecule has 27 heavy (non-hydrogen) atoms. The molecule has 1 aliphatic rings. The lowest BCUT2D eigenvalue weighted by Crippen LogP contribution is -2.46. The van der Waals surface area contributed by atoms with Crippen LogP contribution < -0.4 is 15.1 Å². The summed E-state index contributed by atoms with van der Waals surface area (Å²) in [4.78, 5) is 13.7. The standard InChI is InChI=1S/C21H22FN5/c1-16-23-20(25-18-9-7-17(22)8-10-18)15-21(24-16)27-13-11-26(12-14-27)19-5-3-2-4-6-19/h2-10,15H,11-14H2,1H3,(H,23,24,25). The van der Waals surface area contributed by atoms with Crippen molar-refractivity contribution in [1.29, 1.82) is 0 Å². The van der Waals surface area contributed by atoms with E-state index in [0.29, 0.717) is 5.82 Å². The van der Waals surface area contributed by atoms with Gasteiger partial charge in [-0.15, -0.1) is 0 Å². The van der Waals surface area contributed by atoms with Crippen molar-refractivity contribution in [2.24, 2.45) is 0 Å². The maximum Gasteiger partial charge on any atom is 0.136 e. The highest BCUT2D eigenvalue weighted by atomic mass is 19.1. The lowest BCUT2D eigenvalue weighted by molar-refractivity contribution is 0.628. The Balaban J connectivity index is 1.46. The number of nitrogens with zero attached hydrogens (tertiary/aromatic N) is 4. The molecule has 0 saturated carbocycles. The van der Waals surface area contributed by atoms with Gasteiger partial charge < -0.3 is 15.1 Å². The molecule has 6 heteroatoms. The Kier molecular flexibility index (Phi) is 4.87. The predicted molar refractivity (Wildman–Crippen MR) is 107 cm³/mol. The number of hydrogen-bond donors (Lipinski definition) is 1. The molecule has 0 amide bonds. The summed E-state index contributed by atoms with van der Waals surface area (Å²) >= 11 is 0. The van der Waals surface area contributed by atoms with E-state index in [4.69, 9.17) is 0 Å². The molecule has 5 nitrogen and oxygen atoms in total. The van der Waals surface area contributed by atoms with E-state index in [0.717, 1.165) is 43.5 Å². The molecule has 1 N–H and O–H groups in total. The minimum atomic E-state index is -0.253. The highest BCUT2D eigenvalue weighted by Gasteiger charge is 2.19. The smallest absolute Gasteiger partial charge is 0.136 e. The molecule has 0 radical (unpaired) electrons. The molecule has 2 heterocycles. The average Bonchev–Trinajstić information content (AvgIpc) is 2.70. The first-order valence-corrected chi connectivity index (χ1v) is 9.10. The van der Waals surface area contributed by atoms with Crippen LogP contribution >= 0.6 is 0 Å². The molecule has 138 valence electrons. The molecular weight excluding hydrogens is 341 g/mol. The van der Waals surface area contributed by atoms with Gasteiger partial charge in [0.1, 0.15) is 23.3 Å². The van der Waals surface area contributed by atoms with Gasteiger partial charge in [0, 0.05) is 43.6 Å². The summed E-state index contributed by atoms with van der Waals surface area (Å²) in [6.45, 7) is 5.60. The Morgan fingerprint density at radius 3 is 2.22 bits per heavy atom. The van der Waals surface area contributed by atoms with Gasteiger partial charge >= 0.3 is 0 Å². The molecule has 1 saturated heterocycles. The zero-order valence-corrected chi connectivity index (χ0v) is 15.3. The summed E-state index contributed by atoms with van der Waals surface area (Å²) in [5, 5.41) is 3.23. The molecule has 0 unspecified atom stereocenters. The fourth-order valence-corrected chi connectivity index (χ4v) is 3.29. The maximum atomic E-state index is 13.1. The van der Waals surface area contributed by atoms with Crippen LogP contribution in [-0.4, -0.2) is 36.1 Å². The van der Waals surface area contributed by atoms with Gasteiger partial charge in [-0.3, -0.25) is 0 Å². The number of rotatable bonds is 4. The SMILES string of the molecule is Cc1nc(Nc2ccc(F)cc2)cc(N2CCN(c3ccccc3)CC2)n1. The molecule has 0 atom stereocenters. The van der Waals surface area contributed by atoms with Gasteiger partial charge in [0.05, 0.1) is 0 Å². The number of aromatic nitrogens is 2. The lowest BCUT2D eigenvalue weighted by Gasteiger charge is -2.36. The normalized spacial score (nSPS) is 14.3. The third-order valence-electron chi connectivity index (χ3n) is 4.67. The van der Waals surface area contributed by atoms with Crippen molar-refractivity contribution in [3.63, 3.8) is 0 Å². The summed E-state index contributed by atoms with van der Waals surface area (Å²) < 4.78 is 13.1. The first-order valence-electron chi connectivity index (χ1n) is 9.10. The first kappa shape index (κ1) is 17.3. The Morgan fingerprint density at radius 1 is 0.852 bits per heavy atom. The van der Waals surface area contributed by atoms with Crippen LogP contribution in [0.25, 0.3) is 0 Å². The van der Waals surface area contributed by atoms with E-state index >= 15 is 0 Å². The number of anilines is 4. The molecule has 1 fully saturated rings. The minimum absolute atomic E-state index is 0.253. The van der Waals surface area contributed by atoms with E-state index in [1.807, 2.05) is 19.1 Å². The molecule has 0 spiro atoms. The molecule has 0 aliphatic carbocycles. The number of nitrogens with one attached hydrogen (secondary N) is 1. The minimum Gasteiger partial charge on any atom is -0.368 e. The number of piperazine rings is 1. The van der Waals surface area contributed by atoms with Gasteiger partial charge in [0.15, 0.2) is 0 Å².